The second-order valence-electron chi connectivity index (χ2n) is 7.08. The van der Waals surface area contributed by atoms with E-state index in [2.05, 4.69) is 22.9 Å². The Hall–Kier alpha value is -2.80. The Kier molecular flexibility index (Phi) is 5.85. The number of aromatic nitrogens is 2. The third kappa shape index (κ3) is 4.15. The molecule has 1 aliphatic heterocycles. The van der Waals surface area contributed by atoms with Crippen molar-refractivity contribution in [3.63, 3.8) is 0 Å². The van der Waals surface area contributed by atoms with Crippen LogP contribution in [0.4, 0.5) is 11.4 Å². The van der Waals surface area contributed by atoms with Gasteiger partial charge in [0.25, 0.3) is 0 Å². The molecule has 29 heavy (non-hydrogen) atoms. The number of carbonyl (C=O) groups excluding carboxylic acids is 2. The maximum absolute atomic E-state index is 13.0. The molecule has 1 aromatic heterocycles. The molecule has 150 valence electrons. The van der Waals surface area contributed by atoms with Crippen LogP contribution in [-0.2, 0) is 16.1 Å². The average molecular weight is 409 g/mol. The number of imidazole rings is 1. The number of amides is 2. The fraction of sp³-hybridized carbons (Fsp3) is 0.318. The van der Waals surface area contributed by atoms with E-state index in [1.807, 2.05) is 42.5 Å². The molecule has 1 aliphatic rings. The smallest absolute Gasteiger partial charge is 0.244 e. The highest BCUT2D eigenvalue weighted by Crippen LogP contribution is 2.30. The summed E-state index contributed by atoms with van der Waals surface area (Å²) in [6.07, 6.45) is 3.40. The van der Waals surface area contributed by atoms with E-state index in [9.17, 15) is 9.59 Å². The van der Waals surface area contributed by atoms with Crippen LogP contribution in [0.3, 0.4) is 0 Å². The Morgan fingerprint density at radius 1 is 1.14 bits per heavy atom. The van der Waals surface area contributed by atoms with Gasteiger partial charge in [-0.15, -0.1) is 0 Å². The van der Waals surface area contributed by atoms with Crippen LogP contribution in [0.1, 0.15) is 26.2 Å². The summed E-state index contributed by atoms with van der Waals surface area (Å²) in [5.41, 5.74) is 3.46. The van der Waals surface area contributed by atoms with Gasteiger partial charge in [-0.3, -0.25) is 9.59 Å². The molecular weight excluding hydrogens is 384 g/mol. The van der Waals surface area contributed by atoms with Crippen LogP contribution in [-0.4, -0.2) is 33.7 Å². The lowest BCUT2D eigenvalue weighted by molar-refractivity contribution is -0.120. The zero-order valence-corrected chi connectivity index (χ0v) is 17.2. The third-order valence-corrected chi connectivity index (χ3v) is 5.96. The Morgan fingerprint density at radius 2 is 1.93 bits per heavy atom. The minimum atomic E-state index is -0.172. The van der Waals surface area contributed by atoms with Gasteiger partial charge in [-0.25, -0.2) is 4.98 Å². The monoisotopic (exact) mass is 408 g/mol. The maximum atomic E-state index is 13.0. The molecule has 0 radical (unpaired) electrons. The van der Waals surface area contributed by atoms with Crippen LogP contribution >= 0.6 is 11.8 Å². The number of nitrogens with zero attached hydrogens (tertiary/aromatic N) is 3. The number of benzene rings is 2. The van der Waals surface area contributed by atoms with Crippen molar-refractivity contribution in [1.29, 1.82) is 0 Å². The van der Waals surface area contributed by atoms with Crippen LogP contribution in [0.2, 0.25) is 0 Å². The summed E-state index contributed by atoms with van der Waals surface area (Å²) in [6, 6.07) is 15.5. The van der Waals surface area contributed by atoms with Gasteiger partial charge >= 0.3 is 0 Å². The van der Waals surface area contributed by atoms with Gasteiger partial charge in [0.1, 0.15) is 6.54 Å². The molecule has 0 saturated heterocycles. The van der Waals surface area contributed by atoms with Crippen molar-refractivity contribution in [3.05, 3.63) is 48.5 Å². The van der Waals surface area contributed by atoms with Gasteiger partial charge in [0, 0.05) is 6.54 Å². The van der Waals surface area contributed by atoms with Gasteiger partial charge in [-0.1, -0.05) is 55.8 Å². The lowest BCUT2D eigenvalue weighted by atomic mass is 10.2. The molecule has 2 amide bonds. The molecule has 2 heterocycles. The van der Waals surface area contributed by atoms with Crippen LogP contribution in [0.5, 0.6) is 0 Å². The summed E-state index contributed by atoms with van der Waals surface area (Å²) in [5, 5.41) is 3.67. The molecule has 0 saturated carbocycles. The van der Waals surface area contributed by atoms with Crippen molar-refractivity contribution in [1.82, 2.24) is 9.55 Å². The molecule has 2 aromatic carbocycles. The summed E-state index contributed by atoms with van der Waals surface area (Å²) in [6.45, 7) is 3.12. The van der Waals surface area contributed by atoms with E-state index in [-0.39, 0.29) is 24.1 Å². The highest BCUT2D eigenvalue weighted by molar-refractivity contribution is 7.99. The standard InChI is InChI=1S/C22H24N4O2S/c1-2-3-8-13-25-18-11-6-5-10-17(18)24-22(25)29-15-21(28)26-14-20(27)23-16-9-4-7-12-19(16)26/h4-7,9-12H,2-3,8,13-15H2,1H3,(H,23,27). The van der Waals surface area contributed by atoms with Crippen LogP contribution in [0.25, 0.3) is 11.0 Å². The lowest BCUT2D eigenvalue weighted by Crippen LogP contribution is -2.43. The van der Waals surface area contributed by atoms with Crippen molar-refractivity contribution in [3.8, 4) is 0 Å². The quantitative estimate of drug-likeness (QED) is 0.467. The fourth-order valence-electron chi connectivity index (χ4n) is 3.56. The first-order chi connectivity index (χ1) is 14.2. The summed E-state index contributed by atoms with van der Waals surface area (Å²) in [4.78, 5) is 31.3. The van der Waals surface area contributed by atoms with E-state index in [0.29, 0.717) is 5.69 Å². The lowest BCUT2D eigenvalue weighted by Gasteiger charge is -2.29. The Labute approximate surface area is 174 Å². The average Bonchev–Trinajstić information content (AvgIpc) is 3.09. The molecule has 6 nitrogen and oxygen atoms in total. The summed E-state index contributed by atoms with van der Waals surface area (Å²) < 4.78 is 2.21. The van der Waals surface area contributed by atoms with Gasteiger partial charge in [0.2, 0.25) is 11.8 Å². The number of carbonyl (C=O) groups is 2. The van der Waals surface area contributed by atoms with E-state index in [0.717, 1.165) is 47.7 Å². The van der Waals surface area contributed by atoms with Crippen LogP contribution in [0.15, 0.2) is 53.7 Å². The Balaban J connectivity index is 1.53. The maximum Gasteiger partial charge on any atom is 0.244 e. The number of nitrogens with one attached hydrogen (secondary N) is 1. The summed E-state index contributed by atoms with van der Waals surface area (Å²) >= 11 is 1.44. The van der Waals surface area contributed by atoms with Crippen molar-refractivity contribution < 1.29 is 9.59 Å². The molecule has 4 rings (SSSR count). The van der Waals surface area contributed by atoms with Crippen molar-refractivity contribution >= 4 is 46.0 Å². The molecule has 1 N–H and O–H groups in total. The zero-order chi connectivity index (χ0) is 20.2. The minimum Gasteiger partial charge on any atom is -0.323 e. The number of hydrogen-bond donors (Lipinski definition) is 1. The molecule has 7 heteroatoms. The van der Waals surface area contributed by atoms with Gasteiger partial charge in [0.05, 0.1) is 28.2 Å². The van der Waals surface area contributed by atoms with E-state index in [1.54, 1.807) is 4.90 Å². The van der Waals surface area contributed by atoms with E-state index in [1.165, 1.54) is 11.8 Å². The topological polar surface area (TPSA) is 67.2 Å². The van der Waals surface area contributed by atoms with E-state index >= 15 is 0 Å². The second kappa shape index (κ2) is 8.69. The molecule has 0 atom stereocenters. The highest BCUT2D eigenvalue weighted by Gasteiger charge is 2.27. The Bertz CT molecular complexity index is 1050. The Morgan fingerprint density at radius 3 is 2.79 bits per heavy atom. The minimum absolute atomic E-state index is 0.0450. The van der Waals surface area contributed by atoms with Crippen LogP contribution < -0.4 is 10.2 Å². The number of para-hydroxylation sites is 4. The first-order valence-electron chi connectivity index (χ1n) is 9.94. The highest BCUT2D eigenvalue weighted by atomic mass is 32.2. The fourth-order valence-corrected chi connectivity index (χ4v) is 4.48. The van der Waals surface area contributed by atoms with Crippen molar-refractivity contribution in [2.75, 3.05) is 22.5 Å². The number of thioether (sulfide) groups is 1. The van der Waals surface area contributed by atoms with Gasteiger partial charge in [-0.2, -0.15) is 0 Å². The molecule has 0 aliphatic carbocycles. The number of unbranched alkanes of at least 4 members (excludes halogenated alkanes) is 2. The van der Waals surface area contributed by atoms with Gasteiger partial charge in [-0.05, 0) is 30.7 Å². The van der Waals surface area contributed by atoms with Gasteiger partial charge in [0.15, 0.2) is 5.16 Å². The summed E-state index contributed by atoms with van der Waals surface area (Å²) in [7, 11) is 0. The molecule has 0 unspecified atom stereocenters. The number of hydrogen-bond acceptors (Lipinski definition) is 4. The van der Waals surface area contributed by atoms with Crippen molar-refractivity contribution in [2.45, 2.75) is 37.9 Å². The third-order valence-electron chi connectivity index (χ3n) is 5.00. The zero-order valence-electron chi connectivity index (χ0n) is 16.4. The van der Waals surface area contributed by atoms with E-state index < -0.39 is 0 Å². The molecule has 0 fully saturated rings. The number of rotatable bonds is 7. The molecule has 0 bridgehead atoms. The predicted molar refractivity (Wildman–Crippen MR) is 117 cm³/mol. The van der Waals surface area contributed by atoms with E-state index in [4.69, 9.17) is 4.98 Å². The number of anilines is 2. The molecular formula is C22H24N4O2S. The number of aryl methyl sites for hydroxylation is 1. The SMILES string of the molecule is CCCCCn1c(SCC(=O)N2CC(=O)Nc3ccccc32)nc2ccccc21. The van der Waals surface area contributed by atoms with Crippen molar-refractivity contribution in [2.24, 2.45) is 0 Å². The summed E-state index contributed by atoms with van der Waals surface area (Å²) in [5.74, 6) is -0.0306. The largest absolute Gasteiger partial charge is 0.323 e. The first kappa shape index (κ1) is 19.5. The molecule has 3 aromatic rings. The number of fused-ring (bicyclic) bond motifs is 2. The normalized spacial score (nSPS) is 13.4. The predicted octanol–water partition coefficient (Wildman–Crippen LogP) is 4.30. The molecule has 0 spiro atoms. The van der Waals surface area contributed by atoms with Gasteiger partial charge < -0.3 is 14.8 Å². The second-order valence-corrected chi connectivity index (χ2v) is 8.02. The first-order valence-corrected chi connectivity index (χ1v) is 10.9. The van der Waals surface area contributed by atoms with Crippen LogP contribution in [0, 0.1) is 0 Å².